The highest BCUT2D eigenvalue weighted by Crippen LogP contribution is 2.10. The molecule has 0 aliphatic rings. The molecule has 108 valence electrons. The maximum Gasteiger partial charge on any atom is 0.180 e. The van der Waals surface area contributed by atoms with Crippen LogP contribution >= 0.6 is 0 Å². The third kappa shape index (κ3) is 4.45. The molecule has 0 saturated heterocycles. The van der Waals surface area contributed by atoms with Crippen molar-refractivity contribution in [3.05, 3.63) is 17.5 Å². The Bertz CT molecular complexity index is 532. The Balaban J connectivity index is 2.66. The quantitative estimate of drug-likeness (QED) is 0.684. The fraction of sp³-hybridized carbons (Fsp3) is 0.692. The molecule has 0 N–H and O–H groups in total. The lowest BCUT2D eigenvalue weighted by atomic mass is 10.1. The average molecular weight is 286 g/mol. The number of rotatable bonds is 8. The van der Waals surface area contributed by atoms with Gasteiger partial charge in [-0.25, -0.2) is 8.42 Å². The number of hydrogen-bond donors (Lipinski definition) is 0. The van der Waals surface area contributed by atoms with Crippen molar-refractivity contribution in [2.75, 3.05) is 11.5 Å². The molecule has 19 heavy (non-hydrogen) atoms. The van der Waals surface area contributed by atoms with Gasteiger partial charge in [0.25, 0.3) is 0 Å². The van der Waals surface area contributed by atoms with E-state index in [1.54, 1.807) is 17.7 Å². The highest BCUT2D eigenvalue weighted by molar-refractivity contribution is 7.91. The van der Waals surface area contributed by atoms with Crippen LogP contribution in [-0.2, 0) is 22.8 Å². The molecule has 0 bridgehead atoms. The summed E-state index contributed by atoms with van der Waals surface area (Å²) < 4.78 is 24.4. The van der Waals surface area contributed by atoms with Crippen molar-refractivity contribution in [2.24, 2.45) is 0 Å². The second-order valence-electron chi connectivity index (χ2n) is 4.45. The smallest absolute Gasteiger partial charge is 0.180 e. The summed E-state index contributed by atoms with van der Waals surface area (Å²) in [5.41, 5.74) is 1.49. The maximum atomic E-state index is 12.1. The van der Waals surface area contributed by atoms with E-state index in [2.05, 4.69) is 5.10 Å². The second-order valence-corrected chi connectivity index (χ2v) is 6.93. The number of Topliss-reactive ketones (excluding diaryl/α,β-unsaturated/α-hetero) is 1. The van der Waals surface area contributed by atoms with Crippen molar-refractivity contribution >= 4 is 15.6 Å². The summed E-state index contributed by atoms with van der Waals surface area (Å²) in [5, 5.41) is 4.32. The van der Waals surface area contributed by atoms with E-state index in [4.69, 9.17) is 0 Å². The molecule has 0 aromatic carbocycles. The summed E-state index contributed by atoms with van der Waals surface area (Å²) in [6, 6.07) is 1.81. The number of sulfone groups is 1. The molecule has 1 aromatic heterocycles. The zero-order valence-electron chi connectivity index (χ0n) is 11.8. The predicted octanol–water partition coefficient (Wildman–Crippen LogP) is 1.86. The van der Waals surface area contributed by atoms with Crippen LogP contribution in [0.5, 0.6) is 0 Å². The van der Waals surface area contributed by atoms with Crippen LogP contribution < -0.4 is 0 Å². The first-order valence-corrected chi connectivity index (χ1v) is 8.56. The van der Waals surface area contributed by atoms with Crippen molar-refractivity contribution in [1.82, 2.24) is 9.78 Å². The van der Waals surface area contributed by atoms with Crippen molar-refractivity contribution < 1.29 is 13.2 Å². The first kappa shape index (κ1) is 15.9. The Morgan fingerprint density at radius 2 is 2.00 bits per heavy atom. The zero-order chi connectivity index (χ0) is 14.5. The number of nitrogens with zero attached hydrogens (tertiary/aromatic N) is 2. The number of carbonyl (C=O) groups excluding carboxylic acids is 1. The van der Waals surface area contributed by atoms with E-state index >= 15 is 0 Å². The van der Waals surface area contributed by atoms with Gasteiger partial charge in [0.1, 0.15) is 15.5 Å². The van der Waals surface area contributed by atoms with Crippen LogP contribution in [0.2, 0.25) is 0 Å². The molecule has 0 saturated carbocycles. The lowest BCUT2D eigenvalue weighted by Crippen LogP contribution is -2.13. The first-order valence-electron chi connectivity index (χ1n) is 6.73. The van der Waals surface area contributed by atoms with Crippen molar-refractivity contribution in [3.63, 3.8) is 0 Å². The summed E-state index contributed by atoms with van der Waals surface area (Å²) in [6.45, 7) is 6.19. The standard InChI is InChI=1S/C13H22N2O3S/c1-4-11-10-12(15(5-2)14-11)13(16)8-7-9-19(17,18)6-3/h10H,4-9H2,1-3H3. The molecule has 5 nitrogen and oxygen atoms in total. The van der Waals surface area contributed by atoms with Gasteiger partial charge in [-0.3, -0.25) is 9.48 Å². The molecule has 0 aliphatic heterocycles. The van der Waals surface area contributed by atoms with Crippen LogP contribution in [0.15, 0.2) is 6.07 Å². The fourth-order valence-electron chi connectivity index (χ4n) is 1.83. The summed E-state index contributed by atoms with van der Waals surface area (Å²) in [5.74, 6) is 0.185. The lowest BCUT2D eigenvalue weighted by molar-refractivity contribution is 0.0971. The molecule has 0 fully saturated rings. The van der Waals surface area contributed by atoms with Crippen LogP contribution in [0.1, 0.15) is 49.8 Å². The lowest BCUT2D eigenvalue weighted by Gasteiger charge is -2.04. The summed E-state index contributed by atoms with van der Waals surface area (Å²) in [6.07, 6.45) is 1.43. The molecule has 0 atom stereocenters. The number of ketones is 1. The largest absolute Gasteiger partial charge is 0.292 e. The Morgan fingerprint density at radius 1 is 1.32 bits per heavy atom. The minimum atomic E-state index is -2.99. The Kier molecular flexibility index (Phi) is 5.72. The Hall–Kier alpha value is -1.17. The molecule has 1 heterocycles. The monoisotopic (exact) mass is 286 g/mol. The number of aromatic nitrogens is 2. The van der Waals surface area contributed by atoms with Gasteiger partial charge in [0.05, 0.1) is 11.4 Å². The van der Waals surface area contributed by atoms with E-state index in [-0.39, 0.29) is 23.7 Å². The fourth-order valence-corrected chi connectivity index (χ4v) is 2.71. The summed E-state index contributed by atoms with van der Waals surface area (Å²) in [7, 11) is -2.99. The highest BCUT2D eigenvalue weighted by atomic mass is 32.2. The van der Waals surface area contributed by atoms with Gasteiger partial charge in [-0.05, 0) is 25.8 Å². The van der Waals surface area contributed by atoms with Crippen molar-refractivity contribution in [3.8, 4) is 0 Å². The normalized spacial score (nSPS) is 11.7. The van der Waals surface area contributed by atoms with Gasteiger partial charge in [0, 0.05) is 18.7 Å². The number of hydrogen-bond acceptors (Lipinski definition) is 4. The van der Waals surface area contributed by atoms with E-state index in [1.807, 2.05) is 13.8 Å². The Morgan fingerprint density at radius 3 is 2.53 bits per heavy atom. The van der Waals surface area contributed by atoms with Gasteiger partial charge in [-0.2, -0.15) is 5.10 Å². The molecule has 0 spiro atoms. The van der Waals surface area contributed by atoms with Crippen molar-refractivity contribution in [1.29, 1.82) is 0 Å². The SMILES string of the molecule is CCc1cc(C(=O)CCCS(=O)(=O)CC)n(CC)n1. The molecule has 0 unspecified atom stereocenters. The minimum absolute atomic E-state index is 0.0275. The zero-order valence-corrected chi connectivity index (χ0v) is 12.7. The maximum absolute atomic E-state index is 12.1. The van der Waals surface area contributed by atoms with E-state index in [0.717, 1.165) is 12.1 Å². The van der Waals surface area contributed by atoms with Crippen LogP contribution in [-0.4, -0.2) is 35.5 Å². The van der Waals surface area contributed by atoms with Gasteiger partial charge < -0.3 is 0 Å². The van der Waals surface area contributed by atoms with Gasteiger partial charge in [-0.1, -0.05) is 13.8 Å². The van der Waals surface area contributed by atoms with Gasteiger partial charge in [0.2, 0.25) is 0 Å². The molecule has 6 heteroatoms. The van der Waals surface area contributed by atoms with Crippen molar-refractivity contribution in [2.45, 2.75) is 46.6 Å². The molecule has 1 rings (SSSR count). The van der Waals surface area contributed by atoms with Crippen LogP contribution in [0.4, 0.5) is 0 Å². The molecular weight excluding hydrogens is 264 g/mol. The van der Waals surface area contributed by atoms with Gasteiger partial charge in [0.15, 0.2) is 5.78 Å². The number of carbonyl (C=O) groups is 1. The third-order valence-corrected chi connectivity index (χ3v) is 4.87. The molecule has 0 radical (unpaired) electrons. The van der Waals surface area contributed by atoms with Crippen LogP contribution in [0, 0.1) is 0 Å². The average Bonchev–Trinajstić information content (AvgIpc) is 2.81. The predicted molar refractivity (Wildman–Crippen MR) is 75.2 cm³/mol. The summed E-state index contributed by atoms with van der Waals surface area (Å²) in [4.78, 5) is 12.1. The van der Waals surface area contributed by atoms with E-state index in [9.17, 15) is 13.2 Å². The van der Waals surface area contributed by atoms with Crippen LogP contribution in [0.25, 0.3) is 0 Å². The molecular formula is C13H22N2O3S. The molecule has 1 aromatic rings. The minimum Gasteiger partial charge on any atom is -0.292 e. The number of aryl methyl sites for hydroxylation is 2. The van der Waals surface area contributed by atoms with E-state index in [1.165, 1.54) is 0 Å². The summed E-state index contributed by atoms with van der Waals surface area (Å²) >= 11 is 0. The first-order chi connectivity index (χ1) is 8.93. The molecule has 0 aliphatic carbocycles. The van der Waals surface area contributed by atoms with Crippen LogP contribution in [0.3, 0.4) is 0 Å². The van der Waals surface area contributed by atoms with Gasteiger partial charge in [-0.15, -0.1) is 0 Å². The highest BCUT2D eigenvalue weighted by Gasteiger charge is 2.15. The van der Waals surface area contributed by atoms with E-state index in [0.29, 0.717) is 18.7 Å². The van der Waals surface area contributed by atoms with E-state index < -0.39 is 9.84 Å². The molecule has 0 amide bonds. The second kappa shape index (κ2) is 6.84. The Labute approximate surface area is 114 Å². The topological polar surface area (TPSA) is 69.0 Å². The van der Waals surface area contributed by atoms with Gasteiger partial charge >= 0.3 is 0 Å². The third-order valence-electron chi connectivity index (χ3n) is 3.08.